The lowest BCUT2D eigenvalue weighted by Crippen LogP contribution is -2.36. The normalized spacial score (nSPS) is 21.4. The fraction of sp³-hybridized carbons (Fsp3) is 0.435. The molecule has 3 aromatic rings. The number of fused-ring (bicyclic) bond motifs is 1. The van der Waals surface area contributed by atoms with Gasteiger partial charge >= 0.3 is 12.1 Å². The van der Waals surface area contributed by atoms with Gasteiger partial charge < -0.3 is 35.4 Å². The molecule has 192 valence electrons. The standard InChI is InChI=1S/C23H28N6O7/c1-13-4-6-14(7-5-13)9-25-20-17-21(27-11-26-20)29(12-28-17)22-19(33)18(32)15(36-22)10-35-23(34)24-8-2-3-16(30)31/h4-7,11-12,15,18-19,22,32-33H,2-3,8-10H2,1H3,(H,24,34)(H,30,31)(H,25,26,27)/t15-,18?,19+,22-/m1/s1. The number of carboxylic acid groups (broad SMARTS) is 1. The Morgan fingerprint density at radius 1 is 1.14 bits per heavy atom. The van der Waals surface area contributed by atoms with Crippen LogP contribution in [0.15, 0.2) is 36.9 Å². The van der Waals surface area contributed by atoms with Crippen molar-refractivity contribution in [1.82, 2.24) is 24.8 Å². The molecule has 0 bridgehead atoms. The summed E-state index contributed by atoms with van der Waals surface area (Å²) in [6.45, 7) is 2.36. The maximum absolute atomic E-state index is 11.8. The number of aryl methyl sites for hydroxylation is 1. The summed E-state index contributed by atoms with van der Waals surface area (Å²) in [6.07, 6.45) is -2.46. The van der Waals surface area contributed by atoms with E-state index >= 15 is 0 Å². The van der Waals surface area contributed by atoms with Crippen LogP contribution >= 0.6 is 0 Å². The van der Waals surface area contributed by atoms with Crippen molar-refractivity contribution in [2.75, 3.05) is 18.5 Å². The summed E-state index contributed by atoms with van der Waals surface area (Å²) >= 11 is 0. The van der Waals surface area contributed by atoms with Crippen LogP contribution in [-0.4, -0.2) is 78.4 Å². The van der Waals surface area contributed by atoms with Gasteiger partial charge in [0, 0.05) is 19.5 Å². The minimum atomic E-state index is -1.33. The van der Waals surface area contributed by atoms with Crippen molar-refractivity contribution >= 4 is 29.0 Å². The van der Waals surface area contributed by atoms with Gasteiger partial charge in [-0.3, -0.25) is 9.36 Å². The summed E-state index contributed by atoms with van der Waals surface area (Å²) in [5.41, 5.74) is 3.10. The van der Waals surface area contributed by atoms with Crippen molar-refractivity contribution in [2.45, 2.75) is 50.8 Å². The van der Waals surface area contributed by atoms with Crippen LogP contribution in [0.1, 0.15) is 30.2 Å². The molecule has 13 nitrogen and oxygen atoms in total. The molecule has 0 spiro atoms. The predicted octanol–water partition coefficient (Wildman–Crippen LogP) is 0.957. The molecule has 0 radical (unpaired) electrons. The number of benzene rings is 1. The molecule has 1 aliphatic heterocycles. The summed E-state index contributed by atoms with van der Waals surface area (Å²) in [4.78, 5) is 35.2. The van der Waals surface area contributed by atoms with Crippen LogP contribution in [0.25, 0.3) is 11.2 Å². The lowest BCUT2D eigenvalue weighted by atomic mass is 10.1. The molecule has 1 amide bonds. The van der Waals surface area contributed by atoms with Gasteiger partial charge in [-0.2, -0.15) is 0 Å². The van der Waals surface area contributed by atoms with Crippen LogP contribution in [-0.2, 0) is 20.8 Å². The van der Waals surface area contributed by atoms with E-state index in [1.807, 2.05) is 31.2 Å². The lowest BCUT2D eigenvalue weighted by molar-refractivity contribution is -0.137. The number of hydrogen-bond acceptors (Lipinski definition) is 10. The Morgan fingerprint density at radius 2 is 1.92 bits per heavy atom. The van der Waals surface area contributed by atoms with E-state index in [1.54, 1.807) is 0 Å². The van der Waals surface area contributed by atoms with E-state index in [4.69, 9.17) is 14.6 Å². The number of nitrogens with one attached hydrogen (secondary N) is 2. The van der Waals surface area contributed by atoms with Gasteiger partial charge in [-0.05, 0) is 18.9 Å². The highest BCUT2D eigenvalue weighted by Crippen LogP contribution is 2.32. The number of aliphatic carboxylic acids is 1. The molecule has 3 heterocycles. The van der Waals surface area contributed by atoms with Gasteiger partial charge in [0.05, 0.1) is 6.33 Å². The molecule has 1 saturated heterocycles. The van der Waals surface area contributed by atoms with Crippen molar-refractivity contribution in [2.24, 2.45) is 0 Å². The Balaban J connectivity index is 1.38. The quantitative estimate of drug-likeness (QED) is 0.250. The number of carbonyl (C=O) groups is 2. The summed E-state index contributed by atoms with van der Waals surface area (Å²) < 4.78 is 12.3. The van der Waals surface area contributed by atoms with Crippen LogP contribution in [0.5, 0.6) is 0 Å². The first-order valence-electron chi connectivity index (χ1n) is 11.4. The second-order valence-electron chi connectivity index (χ2n) is 8.45. The zero-order chi connectivity index (χ0) is 25.7. The van der Waals surface area contributed by atoms with Crippen molar-refractivity contribution < 1.29 is 34.4 Å². The number of alkyl carbamates (subject to hydrolysis) is 1. The lowest BCUT2D eigenvalue weighted by Gasteiger charge is -2.16. The number of ether oxygens (including phenoxy) is 2. The van der Waals surface area contributed by atoms with Gasteiger partial charge in [-0.15, -0.1) is 0 Å². The van der Waals surface area contributed by atoms with E-state index in [9.17, 15) is 19.8 Å². The van der Waals surface area contributed by atoms with Gasteiger partial charge in [0.1, 0.15) is 31.2 Å². The number of hydrogen-bond donors (Lipinski definition) is 5. The van der Waals surface area contributed by atoms with Gasteiger partial charge in [0.15, 0.2) is 23.2 Å². The van der Waals surface area contributed by atoms with Crippen LogP contribution in [0, 0.1) is 6.92 Å². The second-order valence-corrected chi connectivity index (χ2v) is 8.45. The first-order valence-corrected chi connectivity index (χ1v) is 11.4. The molecule has 1 aliphatic rings. The van der Waals surface area contributed by atoms with Crippen molar-refractivity contribution in [3.05, 3.63) is 48.0 Å². The molecule has 4 atom stereocenters. The fourth-order valence-corrected chi connectivity index (χ4v) is 3.79. The highest BCUT2D eigenvalue weighted by atomic mass is 16.6. The highest BCUT2D eigenvalue weighted by molar-refractivity contribution is 5.82. The van der Waals surface area contributed by atoms with Crippen molar-refractivity contribution in [1.29, 1.82) is 0 Å². The first kappa shape index (κ1) is 25.3. The molecule has 1 unspecified atom stereocenters. The van der Waals surface area contributed by atoms with Crippen molar-refractivity contribution in [3.8, 4) is 0 Å². The van der Waals surface area contributed by atoms with Crippen LogP contribution in [0.3, 0.4) is 0 Å². The van der Waals surface area contributed by atoms with Crippen LogP contribution in [0.2, 0.25) is 0 Å². The third-order valence-electron chi connectivity index (χ3n) is 5.77. The van der Waals surface area contributed by atoms with Crippen LogP contribution in [0.4, 0.5) is 10.6 Å². The SMILES string of the molecule is Cc1ccc(CNc2ncnc3c2ncn3[C@@H]2O[C@H](COC(=O)NCCCC(=O)O)C(O)[C@@H]2O)cc1. The minimum absolute atomic E-state index is 0.0792. The molecule has 1 fully saturated rings. The van der Waals surface area contributed by atoms with E-state index in [-0.39, 0.29) is 26.0 Å². The molecular formula is C23H28N6O7. The van der Waals surface area contributed by atoms with Gasteiger partial charge in [0.25, 0.3) is 0 Å². The Bertz CT molecular complexity index is 1200. The number of amides is 1. The Hall–Kier alpha value is -3.81. The molecule has 0 saturated carbocycles. The van der Waals surface area contributed by atoms with E-state index in [0.717, 1.165) is 5.56 Å². The first-order chi connectivity index (χ1) is 17.3. The average Bonchev–Trinajstić information content (AvgIpc) is 3.41. The fourth-order valence-electron chi connectivity index (χ4n) is 3.79. The number of anilines is 1. The Morgan fingerprint density at radius 3 is 2.67 bits per heavy atom. The number of aromatic nitrogens is 4. The molecule has 0 aliphatic carbocycles. The molecule has 5 N–H and O–H groups in total. The largest absolute Gasteiger partial charge is 0.481 e. The topological polar surface area (TPSA) is 181 Å². The van der Waals surface area contributed by atoms with Crippen molar-refractivity contribution in [3.63, 3.8) is 0 Å². The maximum Gasteiger partial charge on any atom is 0.407 e. The molecular weight excluding hydrogens is 472 g/mol. The summed E-state index contributed by atoms with van der Waals surface area (Å²) in [6, 6.07) is 8.08. The number of aliphatic hydroxyl groups excluding tert-OH is 2. The Kier molecular flexibility index (Phi) is 7.93. The maximum atomic E-state index is 11.8. The number of carbonyl (C=O) groups excluding carboxylic acids is 1. The zero-order valence-electron chi connectivity index (χ0n) is 19.6. The monoisotopic (exact) mass is 500 g/mol. The highest BCUT2D eigenvalue weighted by Gasteiger charge is 2.45. The summed E-state index contributed by atoms with van der Waals surface area (Å²) in [5.74, 6) is -0.453. The predicted molar refractivity (Wildman–Crippen MR) is 126 cm³/mol. The number of imidazole rings is 1. The number of aliphatic hydroxyl groups is 2. The van der Waals surface area contributed by atoms with E-state index < -0.39 is 36.6 Å². The number of rotatable bonds is 10. The summed E-state index contributed by atoms with van der Waals surface area (Å²) in [5, 5.41) is 35.3. The molecule has 4 rings (SSSR count). The van der Waals surface area contributed by atoms with Gasteiger partial charge in [-0.25, -0.2) is 19.7 Å². The van der Waals surface area contributed by atoms with Gasteiger partial charge in [-0.1, -0.05) is 29.8 Å². The molecule has 13 heteroatoms. The zero-order valence-corrected chi connectivity index (χ0v) is 19.6. The van der Waals surface area contributed by atoms with E-state index in [0.29, 0.717) is 23.5 Å². The summed E-state index contributed by atoms with van der Waals surface area (Å²) in [7, 11) is 0. The average molecular weight is 501 g/mol. The van der Waals surface area contributed by atoms with Gasteiger partial charge in [0.2, 0.25) is 0 Å². The third-order valence-corrected chi connectivity index (χ3v) is 5.77. The number of carboxylic acids is 1. The Labute approximate surface area is 206 Å². The third kappa shape index (κ3) is 5.87. The van der Waals surface area contributed by atoms with E-state index in [1.165, 1.54) is 22.8 Å². The molecule has 2 aromatic heterocycles. The van der Waals surface area contributed by atoms with E-state index in [2.05, 4.69) is 25.6 Å². The molecule has 1 aromatic carbocycles. The smallest absolute Gasteiger partial charge is 0.407 e. The van der Waals surface area contributed by atoms with Crippen LogP contribution < -0.4 is 10.6 Å². The minimum Gasteiger partial charge on any atom is -0.481 e. The second kappa shape index (κ2) is 11.3. The number of nitrogens with zero attached hydrogens (tertiary/aromatic N) is 4. The molecule has 36 heavy (non-hydrogen) atoms.